The fourth-order valence-electron chi connectivity index (χ4n) is 4.08. The lowest BCUT2D eigenvalue weighted by Crippen LogP contribution is -2.46. The third kappa shape index (κ3) is 9.86. The van der Waals surface area contributed by atoms with Crippen LogP contribution in [-0.4, -0.2) is 97.7 Å². The van der Waals surface area contributed by atoms with E-state index in [1.165, 1.54) is 0 Å². The SMILES string of the molecule is CCO[Si](CCCn1nnnc1Cc1nnnn1CCC[Si](OCC)(OCC)OCC)(OCC)OCC. The number of nitrogens with zero attached hydrogens (tertiary/aromatic N) is 8. The summed E-state index contributed by atoms with van der Waals surface area (Å²) in [5.74, 6) is 1.38. The first-order valence-electron chi connectivity index (χ1n) is 13.3. The predicted molar refractivity (Wildman–Crippen MR) is 139 cm³/mol. The monoisotopic (exact) mass is 560 g/mol. The van der Waals surface area contributed by atoms with E-state index in [0.29, 0.717) is 82.9 Å². The molecule has 0 aromatic carbocycles. The predicted octanol–water partition coefficient (Wildman–Crippen LogP) is 2.13. The Morgan fingerprint density at radius 1 is 0.541 bits per heavy atom. The molecule has 0 atom stereocenters. The van der Waals surface area contributed by atoms with E-state index in [4.69, 9.17) is 26.6 Å². The summed E-state index contributed by atoms with van der Waals surface area (Å²) in [5, 5.41) is 24.5. The molecule has 2 aromatic heterocycles. The molecule has 0 N–H and O–H groups in total. The smallest absolute Gasteiger partial charge is 0.374 e. The number of aryl methyl sites for hydroxylation is 2. The van der Waals surface area contributed by atoms with Crippen LogP contribution >= 0.6 is 0 Å². The maximum atomic E-state index is 5.95. The molecule has 0 unspecified atom stereocenters. The molecule has 0 saturated heterocycles. The van der Waals surface area contributed by atoms with Gasteiger partial charge < -0.3 is 26.6 Å². The lowest BCUT2D eigenvalue weighted by atomic mass is 10.3. The minimum Gasteiger partial charge on any atom is -0.374 e. The zero-order valence-corrected chi connectivity index (χ0v) is 25.2. The average molecular weight is 561 g/mol. The van der Waals surface area contributed by atoms with Crippen molar-refractivity contribution in [2.24, 2.45) is 0 Å². The molecular formula is C21H44N8O6Si2. The average Bonchev–Trinajstić information content (AvgIpc) is 3.50. The Morgan fingerprint density at radius 2 is 0.865 bits per heavy atom. The van der Waals surface area contributed by atoms with Crippen molar-refractivity contribution in [1.82, 2.24) is 40.4 Å². The Morgan fingerprint density at radius 3 is 1.16 bits per heavy atom. The maximum absolute atomic E-state index is 5.95. The van der Waals surface area contributed by atoms with E-state index < -0.39 is 17.6 Å². The Labute approximate surface area is 222 Å². The molecule has 0 aliphatic heterocycles. The molecular weight excluding hydrogens is 516 g/mol. The zero-order chi connectivity index (χ0) is 27.0. The van der Waals surface area contributed by atoms with Crippen molar-refractivity contribution in [3.05, 3.63) is 11.6 Å². The summed E-state index contributed by atoms with van der Waals surface area (Å²) in [6.45, 7) is 16.2. The Bertz CT molecular complexity index is 771. The van der Waals surface area contributed by atoms with Crippen LogP contribution in [0, 0.1) is 0 Å². The highest BCUT2D eigenvalue weighted by atomic mass is 28.4. The summed E-state index contributed by atoms with van der Waals surface area (Å²) in [6, 6.07) is 1.37. The Kier molecular flexibility index (Phi) is 14.5. The first-order chi connectivity index (χ1) is 18.0. The molecule has 16 heteroatoms. The first kappa shape index (κ1) is 31.6. The molecule has 212 valence electrons. The van der Waals surface area contributed by atoms with Gasteiger partial charge in [0.1, 0.15) is 0 Å². The fourth-order valence-corrected chi connectivity index (χ4v) is 9.27. The molecule has 0 radical (unpaired) electrons. The third-order valence-electron chi connectivity index (χ3n) is 5.42. The van der Waals surface area contributed by atoms with Crippen molar-refractivity contribution >= 4 is 17.6 Å². The van der Waals surface area contributed by atoms with E-state index in [1.807, 2.05) is 41.5 Å². The number of rotatable bonds is 22. The first-order valence-corrected chi connectivity index (χ1v) is 17.2. The van der Waals surface area contributed by atoms with Crippen LogP contribution in [0.25, 0.3) is 0 Å². The minimum absolute atomic E-state index is 0.413. The standard InChI is InChI=1S/C21H44N8O6Si2/c1-7-30-36(31-8-2,32-9-3)17-13-15-28-20(22-24-26-28)19-21-23-25-27-29(21)16-14-18-37(33-10-4,34-11-5)35-12-6/h7-19H2,1-6H3. The van der Waals surface area contributed by atoms with E-state index in [2.05, 4.69) is 31.1 Å². The molecule has 0 saturated carbocycles. The van der Waals surface area contributed by atoms with E-state index in [9.17, 15) is 0 Å². The van der Waals surface area contributed by atoms with Gasteiger partial charge in [0.15, 0.2) is 11.6 Å². The summed E-state index contributed by atoms with van der Waals surface area (Å²) in [7, 11) is -5.43. The molecule has 2 aromatic rings. The second-order valence-electron chi connectivity index (χ2n) is 7.98. The molecule has 2 heterocycles. The van der Waals surface area contributed by atoms with Gasteiger partial charge in [-0.05, 0) is 75.2 Å². The van der Waals surface area contributed by atoms with Crippen LogP contribution in [0.15, 0.2) is 0 Å². The van der Waals surface area contributed by atoms with Crippen molar-refractivity contribution in [2.45, 2.75) is 86.0 Å². The van der Waals surface area contributed by atoms with Gasteiger partial charge in [-0.3, -0.25) is 0 Å². The number of hydrogen-bond acceptors (Lipinski definition) is 12. The minimum atomic E-state index is -2.71. The van der Waals surface area contributed by atoms with Gasteiger partial charge in [0, 0.05) is 64.8 Å². The lowest BCUT2D eigenvalue weighted by Gasteiger charge is -2.28. The van der Waals surface area contributed by atoms with Crippen molar-refractivity contribution in [1.29, 1.82) is 0 Å². The van der Waals surface area contributed by atoms with Crippen LogP contribution in [0.4, 0.5) is 0 Å². The van der Waals surface area contributed by atoms with Gasteiger partial charge in [-0.2, -0.15) is 0 Å². The maximum Gasteiger partial charge on any atom is 0.500 e. The van der Waals surface area contributed by atoms with Gasteiger partial charge in [0.25, 0.3) is 0 Å². The molecule has 0 amide bonds. The van der Waals surface area contributed by atoms with Crippen molar-refractivity contribution in [3.63, 3.8) is 0 Å². The molecule has 14 nitrogen and oxygen atoms in total. The second kappa shape index (κ2) is 17.0. The van der Waals surface area contributed by atoms with Crippen LogP contribution in [0.5, 0.6) is 0 Å². The van der Waals surface area contributed by atoms with Gasteiger partial charge in [-0.25, -0.2) is 9.36 Å². The number of aromatic nitrogens is 8. The van der Waals surface area contributed by atoms with E-state index in [-0.39, 0.29) is 0 Å². The molecule has 0 fully saturated rings. The molecule has 0 aliphatic rings. The summed E-state index contributed by atoms with van der Waals surface area (Å²) in [4.78, 5) is 0. The van der Waals surface area contributed by atoms with Gasteiger partial charge in [0.05, 0.1) is 6.42 Å². The highest BCUT2D eigenvalue weighted by molar-refractivity contribution is 6.61. The molecule has 2 rings (SSSR count). The summed E-state index contributed by atoms with van der Waals surface area (Å²) in [6.07, 6.45) is 1.93. The van der Waals surface area contributed by atoms with Crippen LogP contribution in [-0.2, 0) is 46.1 Å². The summed E-state index contributed by atoms with van der Waals surface area (Å²) >= 11 is 0. The summed E-state index contributed by atoms with van der Waals surface area (Å²) < 4.78 is 39.2. The van der Waals surface area contributed by atoms with Gasteiger partial charge >= 0.3 is 17.6 Å². The number of hydrogen-bond donors (Lipinski definition) is 0. The highest BCUT2D eigenvalue weighted by Crippen LogP contribution is 2.20. The Balaban J connectivity index is 1.98. The molecule has 0 aliphatic carbocycles. The summed E-state index contributed by atoms with van der Waals surface area (Å²) in [5.41, 5.74) is 0. The van der Waals surface area contributed by atoms with Gasteiger partial charge in [-0.1, -0.05) is 0 Å². The van der Waals surface area contributed by atoms with Crippen LogP contribution in [0.2, 0.25) is 12.1 Å². The fraction of sp³-hybridized carbons (Fsp3) is 0.905. The van der Waals surface area contributed by atoms with E-state index in [1.54, 1.807) is 9.36 Å². The van der Waals surface area contributed by atoms with Crippen LogP contribution < -0.4 is 0 Å². The van der Waals surface area contributed by atoms with E-state index in [0.717, 1.165) is 12.8 Å². The van der Waals surface area contributed by atoms with Crippen LogP contribution in [0.1, 0.15) is 66.0 Å². The second-order valence-corrected chi connectivity index (χ2v) is 13.4. The largest absolute Gasteiger partial charge is 0.500 e. The third-order valence-corrected chi connectivity index (χ3v) is 11.7. The number of tetrazole rings is 2. The highest BCUT2D eigenvalue weighted by Gasteiger charge is 2.40. The Hall–Kier alpha value is -1.67. The van der Waals surface area contributed by atoms with Crippen molar-refractivity contribution in [2.75, 3.05) is 39.6 Å². The molecule has 0 bridgehead atoms. The van der Waals surface area contributed by atoms with Crippen molar-refractivity contribution in [3.8, 4) is 0 Å². The van der Waals surface area contributed by atoms with Crippen molar-refractivity contribution < 1.29 is 26.6 Å². The van der Waals surface area contributed by atoms with Gasteiger partial charge in [0.2, 0.25) is 0 Å². The topological polar surface area (TPSA) is 143 Å². The van der Waals surface area contributed by atoms with Gasteiger partial charge in [-0.15, -0.1) is 10.2 Å². The van der Waals surface area contributed by atoms with E-state index >= 15 is 0 Å². The zero-order valence-electron chi connectivity index (χ0n) is 23.2. The molecule has 0 spiro atoms. The lowest BCUT2D eigenvalue weighted by molar-refractivity contribution is 0.0696. The van der Waals surface area contributed by atoms with Crippen LogP contribution in [0.3, 0.4) is 0 Å². The normalized spacial score (nSPS) is 12.5. The molecule has 37 heavy (non-hydrogen) atoms. The quantitative estimate of drug-likeness (QED) is 0.195.